The summed E-state index contributed by atoms with van der Waals surface area (Å²) in [7, 11) is 3.19. The first-order chi connectivity index (χ1) is 10.9. The van der Waals surface area contributed by atoms with Crippen molar-refractivity contribution in [3.05, 3.63) is 29.8 Å². The Hall–Kier alpha value is -2.02. The van der Waals surface area contributed by atoms with E-state index in [2.05, 4.69) is 5.32 Å². The molecule has 0 atom stereocenters. The van der Waals surface area contributed by atoms with Gasteiger partial charge >= 0.3 is 5.97 Å². The van der Waals surface area contributed by atoms with E-state index in [0.717, 1.165) is 4.90 Å². The number of thioether (sulfide) groups is 1. The van der Waals surface area contributed by atoms with Crippen LogP contribution in [0.5, 0.6) is 0 Å². The number of carbonyl (C=O) groups excluding carboxylic acids is 3. The molecule has 0 unspecified atom stereocenters. The van der Waals surface area contributed by atoms with Crippen molar-refractivity contribution in [1.82, 2.24) is 10.2 Å². The lowest BCUT2D eigenvalue weighted by molar-refractivity contribution is -0.148. The summed E-state index contributed by atoms with van der Waals surface area (Å²) in [4.78, 5) is 36.7. The van der Waals surface area contributed by atoms with Gasteiger partial charge in [-0.05, 0) is 19.1 Å². The molecule has 0 aromatic heterocycles. The van der Waals surface area contributed by atoms with Gasteiger partial charge in [0, 0.05) is 24.7 Å². The zero-order chi connectivity index (χ0) is 17.2. The average molecular weight is 338 g/mol. The summed E-state index contributed by atoms with van der Waals surface area (Å²) in [5.41, 5.74) is 1.19. The summed E-state index contributed by atoms with van der Waals surface area (Å²) in [5, 5.41) is 2.39. The van der Waals surface area contributed by atoms with E-state index in [-0.39, 0.29) is 25.5 Å². The van der Waals surface area contributed by atoms with Crippen LogP contribution in [0.25, 0.3) is 0 Å². The molecule has 7 heteroatoms. The van der Waals surface area contributed by atoms with Gasteiger partial charge in [0.15, 0.2) is 6.61 Å². The lowest BCUT2D eigenvalue weighted by Gasteiger charge is -2.11. The van der Waals surface area contributed by atoms with E-state index in [4.69, 9.17) is 4.74 Å². The number of aryl methyl sites for hydroxylation is 1. The molecule has 23 heavy (non-hydrogen) atoms. The molecule has 1 rings (SSSR count). The van der Waals surface area contributed by atoms with Crippen molar-refractivity contribution in [3.63, 3.8) is 0 Å². The molecule has 126 valence electrons. The van der Waals surface area contributed by atoms with E-state index in [9.17, 15) is 14.4 Å². The lowest BCUT2D eigenvalue weighted by atomic mass is 10.2. The third-order valence-electron chi connectivity index (χ3n) is 2.90. The SMILES string of the molecule is Cc1ccc(SCCC(=O)OCC(=O)NCC(=O)N(C)C)cc1. The van der Waals surface area contributed by atoms with Crippen LogP contribution in [0.3, 0.4) is 0 Å². The standard InChI is InChI=1S/C16H22N2O4S/c1-12-4-6-13(7-5-12)23-9-8-16(21)22-11-14(19)17-10-15(20)18(2)3/h4-7H,8-11H2,1-3H3,(H,17,19). The second kappa shape index (κ2) is 9.89. The molecule has 0 heterocycles. The molecule has 1 aromatic carbocycles. The van der Waals surface area contributed by atoms with Gasteiger partial charge in [0.1, 0.15) is 0 Å². The maximum Gasteiger partial charge on any atom is 0.307 e. The third-order valence-corrected chi connectivity index (χ3v) is 3.91. The highest BCUT2D eigenvalue weighted by atomic mass is 32.2. The molecule has 1 N–H and O–H groups in total. The summed E-state index contributed by atoms with van der Waals surface area (Å²) in [5.74, 6) is -0.555. The Balaban J connectivity index is 2.15. The van der Waals surface area contributed by atoms with Gasteiger partial charge in [-0.2, -0.15) is 0 Å². The Morgan fingerprint density at radius 1 is 1.17 bits per heavy atom. The van der Waals surface area contributed by atoms with Crippen LogP contribution < -0.4 is 5.32 Å². The van der Waals surface area contributed by atoms with Crippen LogP contribution in [-0.2, 0) is 19.1 Å². The Morgan fingerprint density at radius 3 is 2.43 bits per heavy atom. The second-order valence-corrected chi connectivity index (χ2v) is 6.31. The molecule has 2 amide bonds. The fraction of sp³-hybridized carbons (Fsp3) is 0.438. The maximum atomic E-state index is 11.5. The highest BCUT2D eigenvalue weighted by Gasteiger charge is 2.10. The largest absolute Gasteiger partial charge is 0.456 e. The molecule has 0 radical (unpaired) electrons. The summed E-state index contributed by atoms with van der Waals surface area (Å²) in [6, 6.07) is 8.03. The third kappa shape index (κ3) is 8.25. The number of hydrogen-bond acceptors (Lipinski definition) is 5. The van der Waals surface area contributed by atoms with Crippen molar-refractivity contribution in [2.75, 3.05) is 33.0 Å². The monoisotopic (exact) mass is 338 g/mol. The molecular weight excluding hydrogens is 316 g/mol. The zero-order valence-corrected chi connectivity index (χ0v) is 14.4. The minimum atomic E-state index is -0.486. The highest BCUT2D eigenvalue weighted by molar-refractivity contribution is 7.99. The van der Waals surface area contributed by atoms with Crippen molar-refractivity contribution >= 4 is 29.5 Å². The Labute approximate surface area is 140 Å². The van der Waals surface area contributed by atoms with Gasteiger partial charge in [-0.25, -0.2) is 0 Å². The first-order valence-electron chi connectivity index (χ1n) is 7.20. The van der Waals surface area contributed by atoms with E-state index >= 15 is 0 Å². The summed E-state index contributed by atoms with van der Waals surface area (Å²) >= 11 is 1.56. The van der Waals surface area contributed by atoms with Crippen molar-refractivity contribution in [2.45, 2.75) is 18.2 Å². The van der Waals surface area contributed by atoms with E-state index < -0.39 is 11.9 Å². The van der Waals surface area contributed by atoms with Crippen molar-refractivity contribution in [1.29, 1.82) is 0 Å². The number of rotatable bonds is 8. The van der Waals surface area contributed by atoms with Crippen molar-refractivity contribution in [3.8, 4) is 0 Å². The van der Waals surface area contributed by atoms with Gasteiger partial charge in [-0.1, -0.05) is 17.7 Å². The van der Waals surface area contributed by atoms with E-state index in [0.29, 0.717) is 5.75 Å². The lowest BCUT2D eigenvalue weighted by Crippen LogP contribution is -2.38. The van der Waals surface area contributed by atoms with Gasteiger partial charge in [0.05, 0.1) is 13.0 Å². The smallest absolute Gasteiger partial charge is 0.307 e. The molecule has 0 saturated carbocycles. The molecule has 0 aliphatic rings. The first-order valence-corrected chi connectivity index (χ1v) is 8.19. The molecular formula is C16H22N2O4S. The summed E-state index contributed by atoms with van der Waals surface area (Å²) in [6.07, 6.45) is 0.225. The van der Waals surface area contributed by atoms with Crippen molar-refractivity contribution < 1.29 is 19.1 Å². The number of hydrogen-bond donors (Lipinski definition) is 1. The molecule has 0 bridgehead atoms. The first kappa shape index (κ1) is 19.0. The minimum absolute atomic E-state index is 0.105. The molecule has 1 aromatic rings. The number of nitrogens with one attached hydrogen (secondary N) is 1. The predicted molar refractivity (Wildman–Crippen MR) is 89.2 cm³/mol. The van der Waals surface area contributed by atoms with Crippen LogP contribution >= 0.6 is 11.8 Å². The topological polar surface area (TPSA) is 75.7 Å². The number of nitrogens with zero attached hydrogens (tertiary/aromatic N) is 1. The average Bonchev–Trinajstić information content (AvgIpc) is 2.52. The second-order valence-electron chi connectivity index (χ2n) is 5.14. The Bertz CT molecular complexity index is 544. The van der Waals surface area contributed by atoms with Gasteiger partial charge in [0.25, 0.3) is 5.91 Å². The van der Waals surface area contributed by atoms with E-state index in [1.807, 2.05) is 31.2 Å². The summed E-state index contributed by atoms with van der Waals surface area (Å²) in [6.45, 7) is 1.55. The molecule has 0 aliphatic carbocycles. The fourth-order valence-corrected chi connectivity index (χ4v) is 2.32. The number of likely N-dealkylation sites (N-methyl/N-ethyl adjacent to an activating group) is 1. The van der Waals surface area contributed by atoms with Crippen LogP contribution in [0, 0.1) is 6.92 Å². The van der Waals surface area contributed by atoms with Crippen LogP contribution in [0.15, 0.2) is 29.2 Å². The zero-order valence-electron chi connectivity index (χ0n) is 13.6. The number of esters is 1. The van der Waals surface area contributed by atoms with Gasteiger partial charge < -0.3 is 15.0 Å². The summed E-state index contributed by atoms with van der Waals surface area (Å²) < 4.78 is 4.86. The molecule has 0 spiro atoms. The van der Waals surface area contributed by atoms with Crippen LogP contribution in [0.4, 0.5) is 0 Å². The number of ether oxygens (including phenoxy) is 1. The maximum absolute atomic E-state index is 11.5. The number of carbonyl (C=O) groups is 3. The van der Waals surface area contributed by atoms with E-state index in [1.54, 1.807) is 25.9 Å². The van der Waals surface area contributed by atoms with Crippen molar-refractivity contribution in [2.24, 2.45) is 0 Å². The number of amides is 2. The van der Waals surface area contributed by atoms with Gasteiger partial charge in [0.2, 0.25) is 5.91 Å². The molecule has 0 fully saturated rings. The van der Waals surface area contributed by atoms with Gasteiger partial charge in [-0.3, -0.25) is 14.4 Å². The number of benzene rings is 1. The minimum Gasteiger partial charge on any atom is -0.456 e. The van der Waals surface area contributed by atoms with Crippen LogP contribution in [0.2, 0.25) is 0 Å². The van der Waals surface area contributed by atoms with E-state index in [1.165, 1.54) is 10.5 Å². The van der Waals surface area contributed by atoms with Crippen LogP contribution in [-0.4, -0.2) is 55.7 Å². The van der Waals surface area contributed by atoms with Gasteiger partial charge in [-0.15, -0.1) is 11.8 Å². The Morgan fingerprint density at radius 2 is 1.83 bits per heavy atom. The van der Waals surface area contributed by atoms with Crippen LogP contribution in [0.1, 0.15) is 12.0 Å². The predicted octanol–water partition coefficient (Wildman–Crippen LogP) is 1.22. The normalized spacial score (nSPS) is 10.0. The fourth-order valence-electron chi connectivity index (χ4n) is 1.49. The molecule has 0 aliphatic heterocycles. The molecule has 0 saturated heterocycles. The highest BCUT2D eigenvalue weighted by Crippen LogP contribution is 2.19. The Kier molecular flexibility index (Phi) is 8.18. The molecule has 6 nitrogen and oxygen atoms in total. The quantitative estimate of drug-likeness (QED) is 0.570.